The Labute approximate surface area is 77.5 Å². The number of nitrogens with two attached hydrogens (primary N) is 1. The average Bonchev–Trinajstić information content (AvgIpc) is 2.15. The highest BCUT2D eigenvalue weighted by atomic mass is 19.1. The zero-order chi connectivity index (χ0) is 9.52. The van der Waals surface area contributed by atoms with Gasteiger partial charge in [0.1, 0.15) is 0 Å². The highest BCUT2D eigenvalue weighted by Gasteiger charge is 1.92. The van der Waals surface area contributed by atoms with Crippen LogP contribution in [0.3, 0.4) is 0 Å². The van der Waals surface area contributed by atoms with E-state index in [1.165, 1.54) is 0 Å². The van der Waals surface area contributed by atoms with Gasteiger partial charge in [0.15, 0.2) is 0 Å². The van der Waals surface area contributed by atoms with Gasteiger partial charge in [0.2, 0.25) is 0 Å². The lowest BCUT2D eigenvalue weighted by atomic mass is 10.2. The van der Waals surface area contributed by atoms with Crippen molar-refractivity contribution in [3.05, 3.63) is 29.8 Å². The van der Waals surface area contributed by atoms with Crippen LogP contribution in [0.1, 0.15) is 12.0 Å². The van der Waals surface area contributed by atoms with Crippen LogP contribution in [0, 0.1) is 0 Å². The van der Waals surface area contributed by atoms with Crippen molar-refractivity contribution in [3.8, 4) is 0 Å². The first-order valence-corrected chi connectivity index (χ1v) is 4.31. The highest BCUT2D eigenvalue weighted by molar-refractivity contribution is 5.38. The van der Waals surface area contributed by atoms with E-state index in [9.17, 15) is 4.39 Å². The number of nitrogen functional groups attached to an aromatic ring is 1. The summed E-state index contributed by atoms with van der Waals surface area (Å²) in [7, 11) is 0. The fourth-order valence-corrected chi connectivity index (χ4v) is 0.960. The van der Waals surface area contributed by atoms with E-state index in [0.717, 1.165) is 11.3 Å². The predicted molar refractivity (Wildman–Crippen MR) is 51.1 cm³/mol. The Bertz CT molecular complexity index is 235. The number of ether oxygens (including phenoxy) is 1. The molecule has 3 heteroatoms. The van der Waals surface area contributed by atoms with E-state index in [1.54, 1.807) is 0 Å². The number of anilines is 1. The van der Waals surface area contributed by atoms with Crippen LogP contribution < -0.4 is 5.73 Å². The molecule has 0 aromatic heterocycles. The minimum absolute atomic E-state index is 0.318. The minimum atomic E-state index is -0.318. The van der Waals surface area contributed by atoms with Crippen LogP contribution >= 0.6 is 0 Å². The van der Waals surface area contributed by atoms with E-state index in [1.807, 2.05) is 24.3 Å². The van der Waals surface area contributed by atoms with Gasteiger partial charge in [-0.15, -0.1) is 0 Å². The summed E-state index contributed by atoms with van der Waals surface area (Å²) in [5, 5.41) is 0. The number of rotatable bonds is 5. The van der Waals surface area contributed by atoms with Crippen LogP contribution in [0.15, 0.2) is 24.3 Å². The molecule has 1 aromatic carbocycles. The Balaban J connectivity index is 2.25. The summed E-state index contributed by atoms with van der Waals surface area (Å²) < 4.78 is 16.9. The predicted octanol–water partition coefficient (Wildman–Crippen LogP) is 2.15. The Morgan fingerprint density at radius 1 is 1.23 bits per heavy atom. The highest BCUT2D eigenvalue weighted by Crippen LogP contribution is 2.06. The van der Waals surface area contributed by atoms with Crippen molar-refractivity contribution >= 4 is 5.69 Å². The summed E-state index contributed by atoms with van der Waals surface area (Å²) in [6.07, 6.45) is 0.467. The first-order chi connectivity index (χ1) is 6.33. The number of alkyl halides is 1. The van der Waals surface area contributed by atoms with Gasteiger partial charge in [-0.05, 0) is 24.1 Å². The van der Waals surface area contributed by atoms with Crippen LogP contribution in [-0.2, 0) is 11.3 Å². The topological polar surface area (TPSA) is 35.2 Å². The van der Waals surface area contributed by atoms with Crippen molar-refractivity contribution < 1.29 is 9.13 Å². The normalized spacial score (nSPS) is 10.2. The number of benzene rings is 1. The molecule has 0 bridgehead atoms. The second-order valence-electron chi connectivity index (χ2n) is 2.84. The van der Waals surface area contributed by atoms with Crippen molar-refractivity contribution in [2.24, 2.45) is 0 Å². The standard InChI is InChI=1S/C10H14FNO/c11-6-1-7-13-8-9-2-4-10(12)5-3-9/h2-5H,1,6-8,12H2. The van der Waals surface area contributed by atoms with Crippen LogP contribution in [0.25, 0.3) is 0 Å². The molecule has 0 saturated heterocycles. The lowest BCUT2D eigenvalue weighted by molar-refractivity contribution is 0.113. The van der Waals surface area contributed by atoms with Crippen molar-refractivity contribution in [2.75, 3.05) is 19.0 Å². The Kier molecular flexibility index (Phi) is 4.26. The molecule has 0 atom stereocenters. The van der Waals surface area contributed by atoms with Crippen LogP contribution in [-0.4, -0.2) is 13.3 Å². The fourth-order valence-electron chi connectivity index (χ4n) is 0.960. The maximum atomic E-state index is 11.7. The molecule has 0 aliphatic rings. The van der Waals surface area contributed by atoms with Gasteiger partial charge in [-0.3, -0.25) is 4.39 Å². The number of halogens is 1. The molecular weight excluding hydrogens is 169 g/mol. The Hall–Kier alpha value is -1.09. The smallest absolute Gasteiger partial charge is 0.0916 e. The molecule has 13 heavy (non-hydrogen) atoms. The minimum Gasteiger partial charge on any atom is -0.399 e. The van der Waals surface area contributed by atoms with Gasteiger partial charge < -0.3 is 10.5 Å². The molecule has 0 aliphatic heterocycles. The molecule has 1 aromatic rings. The van der Waals surface area contributed by atoms with Gasteiger partial charge in [0.25, 0.3) is 0 Å². The molecular formula is C10H14FNO. The Morgan fingerprint density at radius 3 is 2.54 bits per heavy atom. The van der Waals surface area contributed by atoms with Gasteiger partial charge in [-0.1, -0.05) is 12.1 Å². The summed E-state index contributed by atoms with van der Waals surface area (Å²) >= 11 is 0. The van der Waals surface area contributed by atoms with E-state index >= 15 is 0 Å². The summed E-state index contributed by atoms with van der Waals surface area (Å²) in [4.78, 5) is 0. The molecule has 0 unspecified atom stereocenters. The number of hydrogen-bond donors (Lipinski definition) is 1. The van der Waals surface area contributed by atoms with Crippen molar-refractivity contribution in [1.82, 2.24) is 0 Å². The first-order valence-electron chi connectivity index (χ1n) is 4.31. The fraction of sp³-hybridized carbons (Fsp3) is 0.400. The third-order valence-electron chi connectivity index (χ3n) is 1.67. The summed E-state index contributed by atoms with van der Waals surface area (Å²) in [5.74, 6) is 0. The molecule has 0 aliphatic carbocycles. The van der Waals surface area contributed by atoms with E-state index in [4.69, 9.17) is 10.5 Å². The second-order valence-corrected chi connectivity index (χ2v) is 2.84. The molecule has 0 spiro atoms. The third-order valence-corrected chi connectivity index (χ3v) is 1.67. The summed E-state index contributed by atoms with van der Waals surface area (Å²) in [6.45, 7) is 0.683. The molecule has 2 N–H and O–H groups in total. The molecule has 0 radical (unpaired) electrons. The van der Waals surface area contributed by atoms with Crippen molar-refractivity contribution in [2.45, 2.75) is 13.0 Å². The SMILES string of the molecule is Nc1ccc(COCCCF)cc1. The van der Waals surface area contributed by atoms with E-state index in [0.29, 0.717) is 19.6 Å². The first kappa shape index (κ1) is 9.99. The van der Waals surface area contributed by atoms with Crippen molar-refractivity contribution in [1.29, 1.82) is 0 Å². The average molecular weight is 183 g/mol. The van der Waals surface area contributed by atoms with Crippen LogP contribution in [0.4, 0.5) is 10.1 Å². The Morgan fingerprint density at radius 2 is 1.92 bits per heavy atom. The third kappa shape index (κ3) is 3.90. The van der Waals surface area contributed by atoms with Gasteiger partial charge in [-0.2, -0.15) is 0 Å². The molecule has 72 valence electrons. The van der Waals surface area contributed by atoms with E-state index < -0.39 is 0 Å². The van der Waals surface area contributed by atoms with Gasteiger partial charge >= 0.3 is 0 Å². The number of hydrogen-bond acceptors (Lipinski definition) is 2. The van der Waals surface area contributed by atoms with Crippen molar-refractivity contribution in [3.63, 3.8) is 0 Å². The maximum Gasteiger partial charge on any atom is 0.0916 e. The quantitative estimate of drug-likeness (QED) is 0.560. The van der Waals surface area contributed by atoms with Crippen LogP contribution in [0.2, 0.25) is 0 Å². The molecule has 1 rings (SSSR count). The lowest BCUT2D eigenvalue weighted by Gasteiger charge is -2.02. The van der Waals surface area contributed by atoms with Gasteiger partial charge in [-0.25, -0.2) is 0 Å². The largest absolute Gasteiger partial charge is 0.399 e. The molecule has 0 saturated carbocycles. The summed E-state index contributed by atoms with van der Waals surface area (Å²) in [5.41, 5.74) is 7.32. The monoisotopic (exact) mass is 183 g/mol. The zero-order valence-corrected chi connectivity index (χ0v) is 7.50. The molecule has 0 heterocycles. The van der Waals surface area contributed by atoms with Gasteiger partial charge in [0, 0.05) is 12.3 Å². The van der Waals surface area contributed by atoms with E-state index in [2.05, 4.69) is 0 Å². The van der Waals surface area contributed by atoms with E-state index in [-0.39, 0.29) is 6.67 Å². The second kappa shape index (κ2) is 5.54. The maximum absolute atomic E-state index is 11.7. The zero-order valence-electron chi connectivity index (χ0n) is 7.50. The van der Waals surface area contributed by atoms with Crippen LogP contribution in [0.5, 0.6) is 0 Å². The molecule has 0 amide bonds. The van der Waals surface area contributed by atoms with Gasteiger partial charge in [0.05, 0.1) is 13.3 Å². The lowest BCUT2D eigenvalue weighted by Crippen LogP contribution is -1.96. The summed E-state index contributed by atoms with van der Waals surface area (Å²) in [6, 6.07) is 7.47. The molecule has 2 nitrogen and oxygen atoms in total. The molecule has 0 fully saturated rings.